The fraction of sp³-hybridized carbons (Fsp3) is 0.857. The molecule has 2 saturated carbocycles. The monoisotopic (exact) mass is 314 g/mol. The SMILES string of the molecule is C[C@@H]1CCCC[C@@H]1NC(=S)NNC(=S)NC1CCCC1. The van der Waals surface area contributed by atoms with Gasteiger partial charge < -0.3 is 10.6 Å². The summed E-state index contributed by atoms with van der Waals surface area (Å²) in [7, 11) is 0. The Kier molecular flexibility index (Phi) is 6.29. The second kappa shape index (κ2) is 7.98. The molecule has 0 saturated heterocycles. The van der Waals surface area contributed by atoms with Crippen LogP contribution in [0.5, 0.6) is 0 Å². The third kappa shape index (κ3) is 5.05. The molecule has 0 amide bonds. The molecule has 0 aromatic rings. The van der Waals surface area contributed by atoms with Gasteiger partial charge in [0.1, 0.15) is 0 Å². The Balaban J connectivity index is 1.62. The van der Waals surface area contributed by atoms with Crippen LogP contribution in [0.2, 0.25) is 0 Å². The topological polar surface area (TPSA) is 48.1 Å². The molecule has 20 heavy (non-hydrogen) atoms. The van der Waals surface area contributed by atoms with E-state index in [2.05, 4.69) is 28.4 Å². The molecule has 0 aliphatic heterocycles. The van der Waals surface area contributed by atoms with E-state index in [0.717, 1.165) is 0 Å². The third-order valence-corrected chi connectivity index (χ3v) is 4.85. The minimum absolute atomic E-state index is 0.488. The smallest absolute Gasteiger partial charge is 0.185 e. The molecule has 4 N–H and O–H groups in total. The number of hydrogen-bond donors (Lipinski definition) is 4. The van der Waals surface area contributed by atoms with Crippen LogP contribution in [0.1, 0.15) is 58.3 Å². The van der Waals surface area contributed by atoms with Gasteiger partial charge in [-0.2, -0.15) is 0 Å². The summed E-state index contributed by atoms with van der Waals surface area (Å²) in [6.45, 7) is 2.29. The zero-order valence-electron chi connectivity index (χ0n) is 12.2. The van der Waals surface area contributed by atoms with Crippen molar-refractivity contribution in [1.82, 2.24) is 21.5 Å². The van der Waals surface area contributed by atoms with E-state index >= 15 is 0 Å². The van der Waals surface area contributed by atoms with E-state index < -0.39 is 0 Å². The van der Waals surface area contributed by atoms with Crippen LogP contribution in [0.3, 0.4) is 0 Å². The Morgan fingerprint density at radius 1 is 0.800 bits per heavy atom. The van der Waals surface area contributed by atoms with E-state index in [1.165, 1.54) is 51.4 Å². The van der Waals surface area contributed by atoms with E-state index in [4.69, 9.17) is 24.4 Å². The highest BCUT2D eigenvalue weighted by Crippen LogP contribution is 2.23. The van der Waals surface area contributed by atoms with Crippen molar-refractivity contribution in [3.63, 3.8) is 0 Å². The average Bonchev–Trinajstić information content (AvgIpc) is 2.92. The van der Waals surface area contributed by atoms with Crippen LogP contribution in [0.25, 0.3) is 0 Å². The maximum Gasteiger partial charge on any atom is 0.185 e. The first-order chi connectivity index (χ1) is 9.65. The summed E-state index contributed by atoms with van der Waals surface area (Å²) in [5.41, 5.74) is 5.97. The lowest BCUT2D eigenvalue weighted by Crippen LogP contribution is -2.54. The predicted octanol–water partition coefficient (Wildman–Crippen LogP) is 2.35. The van der Waals surface area contributed by atoms with E-state index in [9.17, 15) is 0 Å². The molecule has 114 valence electrons. The van der Waals surface area contributed by atoms with Gasteiger partial charge in [0.2, 0.25) is 0 Å². The summed E-state index contributed by atoms with van der Waals surface area (Å²) in [6.07, 6.45) is 10.1. The molecule has 0 radical (unpaired) electrons. The van der Waals surface area contributed by atoms with Crippen molar-refractivity contribution < 1.29 is 0 Å². The normalized spacial score (nSPS) is 26.9. The maximum absolute atomic E-state index is 5.32. The molecular formula is C14H26N4S2. The molecular weight excluding hydrogens is 288 g/mol. The first-order valence-corrected chi connectivity index (χ1v) is 8.60. The van der Waals surface area contributed by atoms with Gasteiger partial charge in [-0.1, -0.05) is 32.6 Å². The Morgan fingerprint density at radius 3 is 2.00 bits per heavy atom. The molecule has 0 bridgehead atoms. The average molecular weight is 315 g/mol. The van der Waals surface area contributed by atoms with Crippen LogP contribution in [-0.4, -0.2) is 22.3 Å². The molecule has 0 heterocycles. The summed E-state index contributed by atoms with van der Waals surface area (Å²) < 4.78 is 0. The van der Waals surface area contributed by atoms with Gasteiger partial charge >= 0.3 is 0 Å². The standard InChI is InChI=1S/C14H26N4S2/c1-10-6-2-5-9-12(10)16-14(20)18-17-13(19)15-11-7-3-4-8-11/h10-12H,2-9H2,1H3,(H2,15,17,19)(H2,16,18,20)/t10-,12+/m1/s1. The molecule has 0 aromatic heterocycles. The van der Waals surface area contributed by atoms with Crippen LogP contribution in [0.15, 0.2) is 0 Å². The predicted molar refractivity (Wildman–Crippen MR) is 91.4 cm³/mol. The molecule has 2 aliphatic rings. The van der Waals surface area contributed by atoms with Crippen molar-refractivity contribution in [1.29, 1.82) is 0 Å². The van der Waals surface area contributed by atoms with Gasteiger partial charge in [0, 0.05) is 12.1 Å². The molecule has 2 atom stereocenters. The lowest BCUT2D eigenvalue weighted by molar-refractivity contribution is 0.308. The van der Waals surface area contributed by atoms with Crippen LogP contribution in [0, 0.1) is 5.92 Å². The summed E-state index contributed by atoms with van der Waals surface area (Å²) in [5, 5.41) is 7.98. The van der Waals surface area contributed by atoms with Gasteiger partial charge in [-0.3, -0.25) is 10.9 Å². The van der Waals surface area contributed by atoms with E-state index in [1.807, 2.05) is 0 Å². The highest BCUT2D eigenvalue weighted by Gasteiger charge is 2.21. The van der Waals surface area contributed by atoms with Crippen LogP contribution < -0.4 is 21.5 Å². The van der Waals surface area contributed by atoms with E-state index in [1.54, 1.807) is 0 Å². The van der Waals surface area contributed by atoms with Gasteiger partial charge in [-0.05, 0) is 56.0 Å². The number of thiocarbonyl (C=S) groups is 2. The molecule has 0 spiro atoms. The van der Waals surface area contributed by atoms with Crippen molar-refractivity contribution >= 4 is 34.7 Å². The first-order valence-electron chi connectivity index (χ1n) is 7.78. The molecule has 2 aliphatic carbocycles. The fourth-order valence-electron chi connectivity index (χ4n) is 3.14. The largest absolute Gasteiger partial charge is 0.359 e. The molecule has 2 fully saturated rings. The Morgan fingerprint density at radius 2 is 1.35 bits per heavy atom. The van der Waals surface area contributed by atoms with Crippen LogP contribution in [-0.2, 0) is 0 Å². The van der Waals surface area contributed by atoms with Crippen molar-refractivity contribution in [2.24, 2.45) is 5.92 Å². The van der Waals surface area contributed by atoms with Gasteiger partial charge in [0.25, 0.3) is 0 Å². The Bertz CT molecular complexity index is 342. The van der Waals surface area contributed by atoms with Crippen molar-refractivity contribution in [3.05, 3.63) is 0 Å². The maximum atomic E-state index is 5.32. The lowest BCUT2D eigenvalue weighted by atomic mass is 9.86. The number of nitrogens with one attached hydrogen (secondary N) is 4. The minimum atomic E-state index is 0.488. The molecule has 0 unspecified atom stereocenters. The van der Waals surface area contributed by atoms with Crippen LogP contribution in [0.4, 0.5) is 0 Å². The summed E-state index contributed by atoms with van der Waals surface area (Å²) in [6, 6.07) is 1.01. The van der Waals surface area contributed by atoms with E-state index in [-0.39, 0.29) is 0 Å². The summed E-state index contributed by atoms with van der Waals surface area (Å²) in [5.74, 6) is 0.687. The van der Waals surface area contributed by atoms with Crippen molar-refractivity contribution in [2.45, 2.75) is 70.4 Å². The second-order valence-electron chi connectivity index (χ2n) is 6.05. The lowest BCUT2D eigenvalue weighted by Gasteiger charge is -2.30. The van der Waals surface area contributed by atoms with Crippen molar-refractivity contribution in [3.8, 4) is 0 Å². The number of hydrazine groups is 1. The Labute approximate surface area is 132 Å². The number of rotatable bonds is 2. The first kappa shape index (κ1) is 15.8. The summed E-state index contributed by atoms with van der Waals surface area (Å²) in [4.78, 5) is 0. The van der Waals surface area contributed by atoms with Gasteiger partial charge in [-0.15, -0.1) is 0 Å². The van der Waals surface area contributed by atoms with Gasteiger partial charge in [0.05, 0.1) is 0 Å². The number of hydrogen-bond acceptors (Lipinski definition) is 2. The second-order valence-corrected chi connectivity index (χ2v) is 6.86. The molecule has 6 heteroatoms. The van der Waals surface area contributed by atoms with Gasteiger partial charge in [-0.25, -0.2) is 0 Å². The highest BCUT2D eigenvalue weighted by atomic mass is 32.1. The fourth-order valence-corrected chi connectivity index (χ4v) is 3.56. The zero-order valence-corrected chi connectivity index (χ0v) is 13.8. The summed E-state index contributed by atoms with van der Waals surface area (Å²) >= 11 is 10.6. The minimum Gasteiger partial charge on any atom is -0.359 e. The Hall–Kier alpha value is -0.620. The highest BCUT2D eigenvalue weighted by molar-refractivity contribution is 7.80. The molecule has 0 aromatic carbocycles. The van der Waals surface area contributed by atoms with Gasteiger partial charge in [0.15, 0.2) is 10.2 Å². The third-order valence-electron chi connectivity index (χ3n) is 4.41. The molecule has 4 nitrogen and oxygen atoms in total. The molecule has 2 rings (SSSR count). The zero-order chi connectivity index (χ0) is 14.4. The quantitative estimate of drug-likeness (QED) is 0.464. The van der Waals surface area contributed by atoms with Crippen molar-refractivity contribution in [2.75, 3.05) is 0 Å². The van der Waals surface area contributed by atoms with E-state index in [0.29, 0.717) is 28.2 Å². The van der Waals surface area contributed by atoms with Crippen LogP contribution >= 0.6 is 24.4 Å².